The molecule has 0 saturated heterocycles. The van der Waals surface area contributed by atoms with Crippen molar-refractivity contribution in [1.29, 1.82) is 5.26 Å². The van der Waals surface area contributed by atoms with Crippen LogP contribution in [0.5, 0.6) is 11.6 Å². The van der Waals surface area contributed by atoms with Crippen LogP contribution in [-0.2, 0) is 0 Å². The number of aromatic nitrogens is 1. The summed E-state index contributed by atoms with van der Waals surface area (Å²) in [4.78, 5) is 3.87. The predicted octanol–water partition coefficient (Wildman–Crippen LogP) is 3.12. The zero-order valence-corrected chi connectivity index (χ0v) is 9.78. The first-order chi connectivity index (χ1) is 8.60. The molecule has 90 valence electrons. The van der Waals surface area contributed by atoms with Crippen molar-refractivity contribution in [3.8, 4) is 17.7 Å². The average Bonchev–Trinajstić information content (AvgIpc) is 2.36. The standard InChI is InChI=1S/C12H7ClFN3O/c13-8-2-1-7(5-9(8)14)18-12-4-3-10(16)11(6-15)17-12/h1-5H,16H2. The molecule has 18 heavy (non-hydrogen) atoms. The first kappa shape index (κ1) is 12.1. The van der Waals surface area contributed by atoms with E-state index in [9.17, 15) is 4.39 Å². The molecule has 1 heterocycles. The van der Waals surface area contributed by atoms with E-state index >= 15 is 0 Å². The molecule has 0 atom stereocenters. The smallest absolute Gasteiger partial charge is 0.220 e. The maximum atomic E-state index is 13.2. The van der Waals surface area contributed by atoms with Crippen molar-refractivity contribution in [3.05, 3.63) is 46.9 Å². The lowest BCUT2D eigenvalue weighted by molar-refractivity contribution is 0.458. The zero-order valence-electron chi connectivity index (χ0n) is 9.02. The molecule has 0 saturated carbocycles. The van der Waals surface area contributed by atoms with Crippen LogP contribution in [-0.4, -0.2) is 4.98 Å². The Labute approximate surface area is 107 Å². The number of ether oxygens (including phenoxy) is 1. The van der Waals surface area contributed by atoms with Gasteiger partial charge in [0.05, 0.1) is 10.7 Å². The average molecular weight is 264 g/mol. The van der Waals surface area contributed by atoms with Crippen LogP contribution in [0.2, 0.25) is 5.02 Å². The van der Waals surface area contributed by atoms with Gasteiger partial charge in [-0.2, -0.15) is 5.26 Å². The highest BCUT2D eigenvalue weighted by Gasteiger charge is 2.06. The highest BCUT2D eigenvalue weighted by Crippen LogP contribution is 2.25. The fourth-order valence-corrected chi connectivity index (χ4v) is 1.38. The number of halogens is 2. The lowest BCUT2D eigenvalue weighted by Crippen LogP contribution is -1.96. The molecule has 0 aliphatic carbocycles. The molecule has 2 N–H and O–H groups in total. The van der Waals surface area contributed by atoms with Gasteiger partial charge in [-0.25, -0.2) is 9.37 Å². The van der Waals surface area contributed by atoms with Gasteiger partial charge >= 0.3 is 0 Å². The summed E-state index contributed by atoms with van der Waals surface area (Å²) in [6.07, 6.45) is 0. The molecule has 1 aromatic heterocycles. The second-order valence-electron chi connectivity index (χ2n) is 3.38. The molecule has 0 aliphatic heterocycles. The maximum Gasteiger partial charge on any atom is 0.220 e. The van der Waals surface area contributed by atoms with E-state index in [0.29, 0.717) is 0 Å². The van der Waals surface area contributed by atoms with Gasteiger partial charge in [-0.1, -0.05) is 11.6 Å². The zero-order chi connectivity index (χ0) is 13.1. The Hall–Kier alpha value is -2.32. The van der Waals surface area contributed by atoms with Crippen LogP contribution in [0.25, 0.3) is 0 Å². The quantitative estimate of drug-likeness (QED) is 0.903. The van der Waals surface area contributed by atoms with Crippen LogP contribution in [0.1, 0.15) is 5.69 Å². The van der Waals surface area contributed by atoms with Crippen molar-refractivity contribution < 1.29 is 9.13 Å². The van der Waals surface area contributed by atoms with Crippen LogP contribution in [0.4, 0.5) is 10.1 Å². The van der Waals surface area contributed by atoms with E-state index in [1.165, 1.54) is 24.3 Å². The topological polar surface area (TPSA) is 71.9 Å². The summed E-state index contributed by atoms with van der Waals surface area (Å²) in [5.74, 6) is -0.203. The van der Waals surface area contributed by atoms with Gasteiger partial charge in [0.1, 0.15) is 17.6 Å². The molecule has 2 rings (SSSR count). The molecule has 0 aliphatic rings. The first-order valence-corrected chi connectivity index (χ1v) is 5.27. The number of benzene rings is 1. The van der Waals surface area contributed by atoms with Crippen molar-refractivity contribution in [2.75, 3.05) is 5.73 Å². The number of hydrogen-bond acceptors (Lipinski definition) is 4. The van der Waals surface area contributed by atoms with Crippen molar-refractivity contribution in [2.45, 2.75) is 0 Å². The molecule has 0 unspecified atom stereocenters. The van der Waals surface area contributed by atoms with E-state index in [4.69, 9.17) is 27.3 Å². The van der Waals surface area contributed by atoms with Crippen LogP contribution in [0, 0.1) is 17.1 Å². The van der Waals surface area contributed by atoms with E-state index in [1.54, 1.807) is 0 Å². The number of rotatable bonds is 2. The normalized spacial score (nSPS) is 9.83. The third-order valence-corrected chi connectivity index (χ3v) is 2.43. The van der Waals surface area contributed by atoms with Gasteiger partial charge in [0, 0.05) is 12.1 Å². The summed E-state index contributed by atoms with van der Waals surface area (Å²) < 4.78 is 18.5. The Bertz CT molecular complexity index is 640. The van der Waals surface area contributed by atoms with Crippen molar-refractivity contribution in [2.24, 2.45) is 0 Å². The minimum absolute atomic E-state index is 0.00493. The number of nitrogen functional groups attached to an aromatic ring is 1. The molecule has 0 fully saturated rings. The second kappa shape index (κ2) is 4.90. The van der Waals surface area contributed by atoms with Gasteiger partial charge in [-0.3, -0.25) is 0 Å². The lowest BCUT2D eigenvalue weighted by atomic mass is 10.3. The Kier molecular flexibility index (Phi) is 3.31. The largest absolute Gasteiger partial charge is 0.439 e. The molecular formula is C12H7ClFN3O. The summed E-state index contributed by atoms with van der Waals surface area (Å²) in [7, 11) is 0. The molecule has 1 aromatic carbocycles. The number of pyridine rings is 1. The summed E-state index contributed by atoms with van der Waals surface area (Å²) in [6, 6.07) is 8.81. The number of nitrogens with two attached hydrogens (primary N) is 1. The molecule has 6 heteroatoms. The van der Waals surface area contributed by atoms with E-state index in [2.05, 4.69) is 4.98 Å². The van der Waals surface area contributed by atoms with Gasteiger partial charge in [-0.05, 0) is 18.2 Å². The fourth-order valence-electron chi connectivity index (χ4n) is 1.26. The molecular weight excluding hydrogens is 257 g/mol. The SMILES string of the molecule is N#Cc1nc(Oc2ccc(Cl)c(F)c2)ccc1N. The Balaban J connectivity index is 2.29. The number of nitrogens with zero attached hydrogens (tertiary/aromatic N) is 2. The van der Waals surface area contributed by atoms with E-state index in [1.807, 2.05) is 6.07 Å². The van der Waals surface area contributed by atoms with E-state index < -0.39 is 5.82 Å². The minimum Gasteiger partial charge on any atom is -0.439 e. The lowest BCUT2D eigenvalue weighted by Gasteiger charge is -2.06. The highest BCUT2D eigenvalue weighted by atomic mass is 35.5. The van der Waals surface area contributed by atoms with Gasteiger partial charge in [0.15, 0.2) is 5.69 Å². The van der Waals surface area contributed by atoms with E-state index in [0.717, 1.165) is 6.07 Å². The van der Waals surface area contributed by atoms with Crippen LogP contribution < -0.4 is 10.5 Å². The van der Waals surface area contributed by atoms with Crippen LogP contribution in [0.15, 0.2) is 30.3 Å². The highest BCUT2D eigenvalue weighted by molar-refractivity contribution is 6.30. The first-order valence-electron chi connectivity index (χ1n) is 4.89. The second-order valence-corrected chi connectivity index (χ2v) is 3.78. The maximum absolute atomic E-state index is 13.2. The Morgan fingerprint density at radius 1 is 1.33 bits per heavy atom. The number of anilines is 1. The van der Waals surface area contributed by atoms with Gasteiger partial charge in [0.25, 0.3) is 0 Å². The van der Waals surface area contributed by atoms with Crippen molar-refractivity contribution >= 4 is 17.3 Å². The van der Waals surface area contributed by atoms with Gasteiger partial charge < -0.3 is 10.5 Å². The Morgan fingerprint density at radius 2 is 2.11 bits per heavy atom. The minimum atomic E-state index is -0.592. The summed E-state index contributed by atoms with van der Waals surface area (Å²) in [6.45, 7) is 0. The Morgan fingerprint density at radius 3 is 2.78 bits per heavy atom. The molecule has 4 nitrogen and oxygen atoms in total. The third-order valence-electron chi connectivity index (χ3n) is 2.12. The van der Waals surface area contributed by atoms with Crippen molar-refractivity contribution in [1.82, 2.24) is 4.98 Å². The summed E-state index contributed by atoms with van der Waals surface area (Å²) in [5.41, 5.74) is 5.83. The van der Waals surface area contributed by atoms with Crippen LogP contribution >= 0.6 is 11.6 Å². The number of nitriles is 1. The van der Waals surface area contributed by atoms with E-state index in [-0.39, 0.29) is 28.0 Å². The fraction of sp³-hybridized carbons (Fsp3) is 0. The molecule has 0 spiro atoms. The molecule has 2 aromatic rings. The van der Waals surface area contributed by atoms with Crippen LogP contribution in [0.3, 0.4) is 0 Å². The number of hydrogen-bond donors (Lipinski definition) is 1. The third kappa shape index (κ3) is 2.50. The van der Waals surface area contributed by atoms with Crippen molar-refractivity contribution in [3.63, 3.8) is 0 Å². The predicted molar refractivity (Wildman–Crippen MR) is 64.8 cm³/mol. The molecule has 0 bridgehead atoms. The van der Waals surface area contributed by atoms with Gasteiger partial charge in [-0.15, -0.1) is 0 Å². The summed E-state index contributed by atoms with van der Waals surface area (Å²) in [5, 5.41) is 8.77. The monoisotopic (exact) mass is 263 g/mol. The summed E-state index contributed by atoms with van der Waals surface area (Å²) >= 11 is 5.55. The molecule has 0 radical (unpaired) electrons. The molecule has 0 amide bonds. The van der Waals surface area contributed by atoms with Gasteiger partial charge in [0.2, 0.25) is 5.88 Å².